The molecule has 3 aliphatic carbocycles. The minimum atomic E-state index is -0.641. The first-order valence-corrected chi connectivity index (χ1v) is 7.07. The van der Waals surface area contributed by atoms with Crippen LogP contribution in [0.25, 0.3) is 0 Å². The van der Waals surface area contributed by atoms with Crippen LogP contribution in [0, 0.1) is 10.8 Å². The van der Waals surface area contributed by atoms with Crippen LogP contribution >= 0.6 is 23.2 Å². The van der Waals surface area contributed by atoms with Crippen molar-refractivity contribution in [2.45, 2.75) is 55.4 Å². The number of aliphatic hydroxyl groups is 1. The van der Waals surface area contributed by atoms with Gasteiger partial charge < -0.3 is 5.11 Å². The molecule has 0 aromatic carbocycles. The summed E-state index contributed by atoms with van der Waals surface area (Å²) in [4.78, 5) is 0. The molecule has 3 heteroatoms. The Bertz CT molecular complexity index is 339. The predicted octanol–water partition coefficient (Wildman–Crippen LogP) is 3.82. The highest BCUT2D eigenvalue weighted by Crippen LogP contribution is 2.85. The van der Waals surface area contributed by atoms with Gasteiger partial charge in [0.25, 0.3) is 0 Å². The highest BCUT2D eigenvalue weighted by atomic mass is 35.5. The van der Waals surface area contributed by atoms with Crippen molar-refractivity contribution >= 4 is 23.2 Å². The number of alkyl halides is 2. The molecule has 0 unspecified atom stereocenters. The minimum Gasteiger partial charge on any atom is -0.389 e. The summed E-state index contributed by atoms with van der Waals surface area (Å²) in [5.74, 6) is 0. The normalized spacial score (nSPS) is 49.8. The molecule has 3 rings (SSSR count). The number of halogens is 2. The molecule has 1 nitrogen and oxygen atoms in total. The summed E-state index contributed by atoms with van der Waals surface area (Å²) in [6, 6.07) is 0. The minimum absolute atomic E-state index is 0.0389. The van der Waals surface area contributed by atoms with Gasteiger partial charge in [-0.05, 0) is 19.3 Å². The fraction of sp³-hybridized carbons (Fsp3) is 0.846. The fourth-order valence-corrected chi connectivity index (χ4v) is 5.38. The second-order valence-electron chi connectivity index (χ2n) is 5.67. The Balaban J connectivity index is 2.01. The second kappa shape index (κ2) is 3.40. The topological polar surface area (TPSA) is 20.2 Å². The number of hydrogen-bond donors (Lipinski definition) is 1. The van der Waals surface area contributed by atoms with Gasteiger partial charge in [0.2, 0.25) is 0 Å². The average Bonchev–Trinajstić information content (AvgIpc) is 2.59. The van der Waals surface area contributed by atoms with Crippen molar-refractivity contribution in [3.8, 4) is 0 Å². The summed E-state index contributed by atoms with van der Waals surface area (Å²) in [5, 5.41) is 9.83. The van der Waals surface area contributed by atoms with Gasteiger partial charge in [-0.15, -0.1) is 23.2 Å². The van der Waals surface area contributed by atoms with Crippen LogP contribution in [0.2, 0.25) is 0 Å². The summed E-state index contributed by atoms with van der Waals surface area (Å²) in [6.07, 6.45) is 11.5. The monoisotopic (exact) mass is 260 g/mol. The van der Waals surface area contributed by atoms with Crippen LogP contribution in [-0.4, -0.2) is 15.5 Å². The Morgan fingerprint density at radius 2 is 1.75 bits per heavy atom. The molecule has 3 atom stereocenters. The summed E-state index contributed by atoms with van der Waals surface area (Å²) in [7, 11) is 0. The number of allylic oxidation sites excluding steroid dienone is 1. The maximum Gasteiger partial charge on any atom is 0.134 e. The highest BCUT2D eigenvalue weighted by Gasteiger charge is 2.84. The summed E-state index contributed by atoms with van der Waals surface area (Å²) in [6.45, 7) is 0. The van der Waals surface area contributed by atoms with Gasteiger partial charge in [0.1, 0.15) is 4.33 Å². The van der Waals surface area contributed by atoms with Gasteiger partial charge >= 0.3 is 0 Å². The van der Waals surface area contributed by atoms with E-state index in [2.05, 4.69) is 6.08 Å². The van der Waals surface area contributed by atoms with Gasteiger partial charge in [-0.25, -0.2) is 0 Å². The first kappa shape index (κ1) is 11.4. The maximum atomic E-state index is 9.83. The zero-order chi connectivity index (χ0) is 11.4. The van der Waals surface area contributed by atoms with Crippen LogP contribution in [0.1, 0.15) is 44.9 Å². The van der Waals surface area contributed by atoms with E-state index in [-0.39, 0.29) is 16.9 Å². The largest absolute Gasteiger partial charge is 0.389 e. The zero-order valence-electron chi connectivity index (χ0n) is 9.38. The van der Waals surface area contributed by atoms with Crippen LogP contribution in [0.5, 0.6) is 0 Å². The van der Waals surface area contributed by atoms with E-state index in [4.69, 9.17) is 23.2 Å². The van der Waals surface area contributed by atoms with Crippen molar-refractivity contribution in [2.75, 3.05) is 0 Å². The molecular formula is C13H18Cl2O. The lowest BCUT2D eigenvalue weighted by atomic mass is 9.75. The van der Waals surface area contributed by atoms with Gasteiger partial charge in [0.15, 0.2) is 0 Å². The Kier molecular flexibility index (Phi) is 2.42. The summed E-state index contributed by atoms with van der Waals surface area (Å²) < 4.78 is -0.641. The molecule has 0 bridgehead atoms. The van der Waals surface area contributed by atoms with Crippen molar-refractivity contribution in [3.05, 3.63) is 12.2 Å². The van der Waals surface area contributed by atoms with Crippen LogP contribution in [-0.2, 0) is 0 Å². The first-order valence-electron chi connectivity index (χ1n) is 6.31. The van der Waals surface area contributed by atoms with Gasteiger partial charge in [-0.3, -0.25) is 0 Å². The van der Waals surface area contributed by atoms with Gasteiger partial charge in [0.05, 0.1) is 6.10 Å². The lowest BCUT2D eigenvalue weighted by Crippen LogP contribution is -2.24. The molecule has 0 heterocycles. The van der Waals surface area contributed by atoms with E-state index >= 15 is 0 Å². The lowest BCUT2D eigenvalue weighted by molar-refractivity contribution is 0.140. The Morgan fingerprint density at radius 1 is 1.06 bits per heavy atom. The van der Waals surface area contributed by atoms with Crippen molar-refractivity contribution < 1.29 is 5.11 Å². The number of hydrogen-bond acceptors (Lipinski definition) is 1. The maximum absolute atomic E-state index is 9.83. The molecule has 90 valence electrons. The van der Waals surface area contributed by atoms with E-state index in [0.29, 0.717) is 0 Å². The average molecular weight is 261 g/mol. The van der Waals surface area contributed by atoms with Crippen molar-refractivity contribution in [2.24, 2.45) is 10.8 Å². The van der Waals surface area contributed by atoms with Gasteiger partial charge in [0, 0.05) is 10.8 Å². The molecule has 0 spiro atoms. The van der Waals surface area contributed by atoms with Crippen LogP contribution in [0.3, 0.4) is 0 Å². The van der Waals surface area contributed by atoms with E-state index in [0.717, 1.165) is 19.3 Å². The molecular weight excluding hydrogens is 243 g/mol. The molecule has 3 aliphatic rings. The van der Waals surface area contributed by atoms with E-state index in [1.54, 1.807) is 0 Å². The third kappa shape index (κ3) is 1.13. The molecule has 0 radical (unpaired) electrons. The molecule has 0 aliphatic heterocycles. The molecule has 0 saturated heterocycles. The highest BCUT2D eigenvalue weighted by molar-refractivity contribution is 6.52. The molecule has 1 N–H and O–H groups in total. The van der Waals surface area contributed by atoms with E-state index < -0.39 is 4.33 Å². The predicted molar refractivity (Wildman–Crippen MR) is 66.8 cm³/mol. The SMILES string of the molecule is O[C@@H]1C=C[C@]23CCCCCC[C@@]2(C1)C3(Cl)Cl. The van der Waals surface area contributed by atoms with Crippen molar-refractivity contribution in [1.29, 1.82) is 0 Å². The molecule has 2 fully saturated rings. The molecule has 0 aromatic rings. The lowest BCUT2D eigenvalue weighted by Gasteiger charge is -2.29. The smallest absolute Gasteiger partial charge is 0.134 e. The first-order chi connectivity index (χ1) is 7.56. The second-order valence-corrected chi connectivity index (χ2v) is 7.00. The Hall–Kier alpha value is 0.280. The molecule has 0 aromatic heterocycles. The van der Waals surface area contributed by atoms with E-state index in [1.165, 1.54) is 25.7 Å². The Morgan fingerprint density at radius 3 is 2.50 bits per heavy atom. The third-order valence-electron chi connectivity index (χ3n) is 5.04. The summed E-state index contributed by atoms with van der Waals surface area (Å²) in [5.41, 5.74) is -0.0829. The third-order valence-corrected chi connectivity index (χ3v) is 6.44. The van der Waals surface area contributed by atoms with Crippen LogP contribution in [0.4, 0.5) is 0 Å². The van der Waals surface area contributed by atoms with E-state index in [1.807, 2.05) is 6.08 Å². The van der Waals surface area contributed by atoms with Crippen LogP contribution < -0.4 is 0 Å². The quantitative estimate of drug-likeness (QED) is 0.519. The number of aliphatic hydroxyl groups excluding tert-OH is 1. The fourth-order valence-electron chi connectivity index (χ4n) is 4.12. The number of rotatable bonds is 0. The van der Waals surface area contributed by atoms with Gasteiger partial charge in [-0.2, -0.15) is 0 Å². The Labute approximate surface area is 107 Å². The molecule has 0 amide bonds. The van der Waals surface area contributed by atoms with Crippen LogP contribution in [0.15, 0.2) is 12.2 Å². The zero-order valence-corrected chi connectivity index (χ0v) is 10.9. The standard InChI is InChI=1S/C13H18Cl2O/c14-13(15)11-6-3-1-2-4-7-12(11,13)9-10(16)5-8-11/h5,8,10,16H,1-4,6-7,9H2/t10-,11-,12+/m1/s1. The van der Waals surface area contributed by atoms with Crippen molar-refractivity contribution in [1.82, 2.24) is 0 Å². The summed E-state index contributed by atoms with van der Waals surface area (Å²) >= 11 is 13.2. The van der Waals surface area contributed by atoms with Crippen molar-refractivity contribution in [3.63, 3.8) is 0 Å². The van der Waals surface area contributed by atoms with Gasteiger partial charge in [-0.1, -0.05) is 37.8 Å². The molecule has 2 saturated carbocycles. The van der Waals surface area contributed by atoms with E-state index in [9.17, 15) is 5.11 Å². The molecule has 16 heavy (non-hydrogen) atoms.